The van der Waals surface area contributed by atoms with Gasteiger partial charge in [-0.3, -0.25) is 4.79 Å². The van der Waals surface area contributed by atoms with Crippen molar-refractivity contribution < 1.29 is 4.79 Å². The first-order valence-electron chi connectivity index (χ1n) is 6.41. The molecule has 17 heavy (non-hydrogen) atoms. The van der Waals surface area contributed by atoms with Crippen molar-refractivity contribution in [1.82, 2.24) is 10.2 Å². The number of hydrogen-bond donors (Lipinski definition) is 2. The van der Waals surface area contributed by atoms with Gasteiger partial charge in [0.2, 0.25) is 5.91 Å². The molecule has 1 aliphatic carbocycles. The lowest BCUT2D eigenvalue weighted by Gasteiger charge is -2.16. The van der Waals surface area contributed by atoms with Crippen LogP contribution in [0.15, 0.2) is 0 Å². The molecule has 1 amide bonds. The Hall–Kier alpha value is -1.05. The van der Waals surface area contributed by atoms with E-state index in [4.69, 9.17) is 12.2 Å². The summed E-state index contributed by atoms with van der Waals surface area (Å²) >= 11 is 0. The van der Waals surface area contributed by atoms with Crippen LogP contribution in [0, 0.1) is 18.3 Å². The van der Waals surface area contributed by atoms with E-state index in [1.54, 1.807) is 0 Å². The van der Waals surface area contributed by atoms with E-state index < -0.39 is 6.04 Å². The van der Waals surface area contributed by atoms with Gasteiger partial charge in [0.25, 0.3) is 0 Å². The normalized spacial score (nSPS) is 26.5. The molecule has 1 saturated heterocycles. The van der Waals surface area contributed by atoms with Gasteiger partial charge in [0, 0.05) is 25.6 Å². The lowest BCUT2D eigenvalue weighted by Crippen LogP contribution is -2.42. The van der Waals surface area contributed by atoms with E-state index >= 15 is 0 Å². The highest BCUT2D eigenvalue weighted by Crippen LogP contribution is 2.31. The van der Waals surface area contributed by atoms with Crippen LogP contribution in [0.25, 0.3) is 0 Å². The van der Waals surface area contributed by atoms with Crippen molar-refractivity contribution in [3.05, 3.63) is 0 Å². The number of terminal acetylenes is 1. The molecule has 2 unspecified atom stereocenters. The molecule has 0 radical (unpaired) electrons. The molecule has 4 heteroatoms. The van der Waals surface area contributed by atoms with Crippen molar-refractivity contribution in [2.75, 3.05) is 19.6 Å². The summed E-state index contributed by atoms with van der Waals surface area (Å²) in [6, 6.07) is 0.278. The van der Waals surface area contributed by atoms with Gasteiger partial charge in [-0.2, -0.15) is 0 Å². The second-order valence-electron chi connectivity index (χ2n) is 5.14. The van der Waals surface area contributed by atoms with E-state index in [2.05, 4.69) is 16.1 Å². The topological polar surface area (TPSA) is 58.4 Å². The SMILES string of the molecule is C#CCC(N)C(=O)NCC1CCN(C2CC2)C1. The minimum absolute atomic E-state index is 0.118. The fourth-order valence-electron chi connectivity index (χ4n) is 2.40. The Morgan fingerprint density at radius 2 is 2.29 bits per heavy atom. The highest BCUT2D eigenvalue weighted by Gasteiger charge is 2.34. The summed E-state index contributed by atoms with van der Waals surface area (Å²) in [6.07, 6.45) is 9.33. The van der Waals surface area contributed by atoms with Crippen molar-refractivity contribution in [2.45, 2.75) is 37.8 Å². The van der Waals surface area contributed by atoms with Gasteiger partial charge in [-0.05, 0) is 31.7 Å². The fourth-order valence-corrected chi connectivity index (χ4v) is 2.40. The number of likely N-dealkylation sites (tertiary alicyclic amines) is 1. The number of carbonyl (C=O) groups excluding carboxylic acids is 1. The van der Waals surface area contributed by atoms with E-state index in [9.17, 15) is 4.79 Å². The number of nitrogens with one attached hydrogen (secondary N) is 1. The summed E-state index contributed by atoms with van der Waals surface area (Å²) in [4.78, 5) is 14.1. The van der Waals surface area contributed by atoms with Crippen LogP contribution in [0.4, 0.5) is 0 Å². The van der Waals surface area contributed by atoms with Gasteiger partial charge in [-0.1, -0.05) is 0 Å². The van der Waals surface area contributed by atoms with Crippen LogP contribution in [-0.2, 0) is 4.79 Å². The molecule has 2 rings (SSSR count). The van der Waals surface area contributed by atoms with Crippen LogP contribution in [0.3, 0.4) is 0 Å². The van der Waals surface area contributed by atoms with Gasteiger partial charge in [0.05, 0.1) is 6.04 Å². The predicted molar refractivity (Wildman–Crippen MR) is 67.1 cm³/mol. The van der Waals surface area contributed by atoms with Crippen molar-refractivity contribution in [3.8, 4) is 12.3 Å². The van der Waals surface area contributed by atoms with Crippen LogP contribution in [0.5, 0.6) is 0 Å². The number of nitrogens with two attached hydrogens (primary N) is 1. The zero-order valence-electron chi connectivity index (χ0n) is 10.2. The minimum Gasteiger partial charge on any atom is -0.354 e. The lowest BCUT2D eigenvalue weighted by molar-refractivity contribution is -0.122. The first-order valence-corrected chi connectivity index (χ1v) is 6.41. The average Bonchev–Trinajstić information content (AvgIpc) is 3.06. The third-order valence-corrected chi connectivity index (χ3v) is 3.62. The van der Waals surface area contributed by atoms with Crippen molar-refractivity contribution in [2.24, 2.45) is 11.7 Å². The largest absolute Gasteiger partial charge is 0.354 e. The monoisotopic (exact) mass is 235 g/mol. The van der Waals surface area contributed by atoms with Crippen LogP contribution in [-0.4, -0.2) is 42.5 Å². The van der Waals surface area contributed by atoms with Gasteiger partial charge in [0.15, 0.2) is 0 Å². The molecule has 0 aromatic heterocycles. The Balaban J connectivity index is 1.65. The number of hydrogen-bond acceptors (Lipinski definition) is 3. The molecular weight excluding hydrogens is 214 g/mol. The van der Waals surface area contributed by atoms with E-state index in [-0.39, 0.29) is 5.91 Å². The third kappa shape index (κ3) is 3.45. The molecule has 2 atom stereocenters. The summed E-state index contributed by atoms with van der Waals surface area (Å²) < 4.78 is 0. The molecule has 0 aromatic rings. The molecule has 2 aliphatic rings. The number of carbonyl (C=O) groups is 1. The van der Waals surface area contributed by atoms with Gasteiger partial charge >= 0.3 is 0 Å². The second kappa shape index (κ2) is 5.52. The Morgan fingerprint density at radius 3 is 2.94 bits per heavy atom. The standard InChI is InChI=1S/C13H21N3O/c1-2-3-12(14)13(17)15-8-10-6-7-16(9-10)11-4-5-11/h1,10-12H,3-9,14H2,(H,15,17). The number of nitrogens with zero attached hydrogens (tertiary/aromatic N) is 1. The number of rotatable bonds is 5. The molecule has 1 heterocycles. The van der Waals surface area contributed by atoms with Gasteiger partial charge in [-0.15, -0.1) is 12.3 Å². The smallest absolute Gasteiger partial charge is 0.237 e. The van der Waals surface area contributed by atoms with Crippen LogP contribution < -0.4 is 11.1 Å². The Labute approximate surface area is 103 Å². The van der Waals surface area contributed by atoms with Crippen molar-refractivity contribution in [1.29, 1.82) is 0 Å². The maximum absolute atomic E-state index is 11.6. The molecule has 1 saturated carbocycles. The fraction of sp³-hybridized carbons (Fsp3) is 0.769. The van der Waals surface area contributed by atoms with Gasteiger partial charge in [0.1, 0.15) is 0 Å². The Morgan fingerprint density at radius 1 is 1.53 bits per heavy atom. The van der Waals surface area contributed by atoms with Crippen molar-refractivity contribution >= 4 is 5.91 Å². The molecule has 0 aromatic carbocycles. The van der Waals surface area contributed by atoms with Crippen LogP contribution >= 0.6 is 0 Å². The molecule has 3 N–H and O–H groups in total. The molecule has 94 valence electrons. The summed E-state index contributed by atoms with van der Waals surface area (Å²) in [6.45, 7) is 3.04. The first kappa shape index (κ1) is 12.4. The Kier molecular flexibility index (Phi) is 4.03. The average molecular weight is 235 g/mol. The molecule has 2 fully saturated rings. The molecule has 1 aliphatic heterocycles. The predicted octanol–water partition coefficient (Wildman–Crippen LogP) is -0.0625. The number of amides is 1. The zero-order valence-corrected chi connectivity index (χ0v) is 10.2. The van der Waals surface area contributed by atoms with Gasteiger partial charge < -0.3 is 16.0 Å². The first-order chi connectivity index (χ1) is 8.20. The molecular formula is C13H21N3O. The summed E-state index contributed by atoms with van der Waals surface area (Å²) in [7, 11) is 0. The summed E-state index contributed by atoms with van der Waals surface area (Å²) in [5.74, 6) is 2.88. The third-order valence-electron chi connectivity index (χ3n) is 3.62. The lowest BCUT2D eigenvalue weighted by atomic mass is 10.1. The highest BCUT2D eigenvalue weighted by atomic mass is 16.2. The molecule has 4 nitrogen and oxygen atoms in total. The Bertz CT molecular complexity index is 319. The van der Waals surface area contributed by atoms with Gasteiger partial charge in [-0.25, -0.2) is 0 Å². The summed E-state index contributed by atoms with van der Waals surface area (Å²) in [5.41, 5.74) is 5.63. The molecule has 0 spiro atoms. The van der Waals surface area contributed by atoms with E-state index in [1.165, 1.54) is 25.8 Å². The van der Waals surface area contributed by atoms with E-state index in [1.807, 2.05) is 0 Å². The molecule has 0 bridgehead atoms. The zero-order chi connectivity index (χ0) is 12.3. The quantitative estimate of drug-likeness (QED) is 0.656. The highest BCUT2D eigenvalue weighted by molar-refractivity contribution is 5.81. The summed E-state index contributed by atoms with van der Waals surface area (Å²) in [5, 5.41) is 2.90. The maximum Gasteiger partial charge on any atom is 0.237 e. The van der Waals surface area contributed by atoms with Crippen LogP contribution in [0.1, 0.15) is 25.7 Å². The van der Waals surface area contributed by atoms with E-state index in [0.29, 0.717) is 12.3 Å². The van der Waals surface area contributed by atoms with Crippen molar-refractivity contribution in [3.63, 3.8) is 0 Å². The minimum atomic E-state index is -0.555. The van der Waals surface area contributed by atoms with Crippen LogP contribution in [0.2, 0.25) is 0 Å². The maximum atomic E-state index is 11.6. The van der Waals surface area contributed by atoms with E-state index in [0.717, 1.165) is 19.1 Å². The second-order valence-corrected chi connectivity index (χ2v) is 5.14.